The maximum absolute atomic E-state index is 12.0. The summed E-state index contributed by atoms with van der Waals surface area (Å²) in [5, 5.41) is 6.61. The van der Waals surface area contributed by atoms with Gasteiger partial charge in [0.25, 0.3) is 5.91 Å². The highest BCUT2D eigenvalue weighted by Crippen LogP contribution is 2.15. The van der Waals surface area contributed by atoms with E-state index in [1.165, 1.54) is 0 Å². The minimum atomic E-state index is -0.00350. The first-order valence-corrected chi connectivity index (χ1v) is 5.65. The van der Waals surface area contributed by atoms with Crippen LogP contribution in [0, 0.1) is 0 Å². The summed E-state index contributed by atoms with van der Waals surface area (Å²) in [6.07, 6.45) is 1.67. The van der Waals surface area contributed by atoms with Crippen LogP contribution in [0.5, 0.6) is 0 Å². The van der Waals surface area contributed by atoms with Crippen molar-refractivity contribution < 1.29 is 4.79 Å². The monoisotopic (exact) mass is 272 g/mol. The standard InChI is InChI=1S/C9H13BrN4O/c1-13-2-4-14(5-3-13)9(15)8-7(10)6-11-12-8/h6H,2-5H2,1H3,(H,11,12). The van der Waals surface area contributed by atoms with Gasteiger partial charge in [-0.1, -0.05) is 0 Å². The molecule has 1 aromatic rings. The highest BCUT2D eigenvalue weighted by molar-refractivity contribution is 9.10. The molecule has 6 heteroatoms. The molecule has 1 aromatic heterocycles. The van der Waals surface area contributed by atoms with Crippen molar-refractivity contribution in [2.75, 3.05) is 33.2 Å². The Morgan fingerprint density at radius 1 is 1.47 bits per heavy atom. The van der Waals surface area contributed by atoms with Gasteiger partial charge in [-0.05, 0) is 23.0 Å². The fraction of sp³-hybridized carbons (Fsp3) is 0.556. The number of amides is 1. The van der Waals surface area contributed by atoms with E-state index in [0.717, 1.165) is 30.7 Å². The van der Waals surface area contributed by atoms with Crippen LogP contribution >= 0.6 is 15.9 Å². The van der Waals surface area contributed by atoms with E-state index in [4.69, 9.17) is 0 Å². The molecule has 0 spiro atoms. The minimum absolute atomic E-state index is 0.00350. The Morgan fingerprint density at radius 2 is 2.13 bits per heavy atom. The van der Waals surface area contributed by atoms with E-state index >= 15 is 0 Å². The summed E-state index contributed by atoms with van der Waals surface area (Å²) in [6.45, 7) is 3.39. The average Bonchev–Trinajstić information content (AvgIpc) is 2.65. The van der Waals surface area contributed by atoms with Crippen molar-refractivity contribution in [2.45, 2.75) is 0 Å². The number of aromatic amines is 1. The van der Waals surface area contributed by atoms with Crippen LogP contribution in [0.2, 0.25) is 0 Å². The van der Waals surface area contributed by atoms with Gasteiger partial charge in [0.2, 0.25) is 0 Å². The normalized spacial score (nSPS) is 18.1. The Hall–Kier alpha value is -0.880. The number of likely N-dealkylation sites (N-methyl/N-ethyl adjacent to an activating group) is 1. The molecule has 1 aliphatic rings. The molecule has 1 aliphatic heterocycles. The first-order valence-electron chi connectivity index (χ1n) is 4.85. The van der Waals surface area contributed by atoms with Crippen LogP contribution in [0.1, 0.15) is 10.5 Å². The van der Waals surface area contributed by atoms with Crippen molar-refractivity contribution in [1.82, 2.24) is 20.0 Å². The fourth-order valence-electron chi connectivity index (χ4n) is 1.58. The molecular weight excluding hydrogens is 260 g/mol. The molecule has 1 fully saturated rings. The summed E-state index contributed by atoms with van der Waals surface area (Å²) in [5.74, 6) is -0.00350. The van der Waals surface area contributed by atoms with Gasteiger partial charge in [-0.3, -0.25) is 9.89 Å². The Balaban J connectivity index is 2.06. The Labute approximate surface area is 96.6 Å². The van der Waals surface area contributed by atoms with E-state index in [9.17, 15) is 4.79 Å². The van der Waals surface area contributed by atoms with Gasteiger partial charge in [0.15, 0.2) is 5.69 Å². The zero-order valence-electron chi connectivity index (χ0n) is 8.53. The second-order valence-corrected chi connectivity index (χ2v) is 4.53. The van der Waals surface area contributed by atoms with Crippen molar-refractivity contribution in [1.29, 1.82) is 0 Å². The Morgan fingerprint density at radius 3 is 2.67 bits per heavy atom. The van der Waals surface area contributed by atoms with Crippen LogP contribution in [-0.4, -0.2) is 59.1 Å². The molecule has 0 saturated carbocycles. The van der Waals surface area contributed by atoms with E-state index in [1.54, 1.807) is 6.20 Å². The third-order valence-corrected chi connectivity index (χ3v) is 3.19. The fourth-order valence-corrected chi connectivity index (χ4v) is 1.95. The quantitative estimate of drug-likeness (QED) is 0.813. The molecule has 5 nitrogen and oxygen atoms in total. The first kappa shape index (κ1) is 10.6. The number of rotatable bonds is 1. The van der Waals surface area contributed by atoms with Gasteiger partial charge in [-0.2, -0.15) is 5.10 Å². The van der Waals surface area contributed by atoms with Gasteiger partial charge in [0, 0.05) is 32.4 Å². The molecule has 0 unspecified atom stereocenters. The molecule has 1 amide bonds. The van der Waals surface area contributed by atoms with Crippen molar-refractivity contribution in [3.63, 3.8) is 0 Å². The zero-order chi connectivity index (χ0) is 10.8. The SMILES string of the molecule is CN1CCN(C(=O)c2n[nH]cc2Br)CC1. The van der Waals surface area contributed by atoms with E-state index in [2.05, 4.69) is 38.1 Å². The van der Waals surface area contributed by atoms with Gasteiger partial charge in [-0.25, -0.2) is 0 Å². The maximum atomic E-state index is 12.0. The van der Waals surface area contributed by atoms with E-state index < -0.39 is 0 Å². The van der Waals surface area contributed by atoms with Crippen molar-refractivity contribution in [2.24, 2.45) is 0 Å². The third kappa shape index (κ3) is 2.21. The molecule has 0 aliphatic carbocycles. The third-order valence-electron chi connectivity index (χ3n) is 2.59. The Bertz CT molecular complexity index is 357. The highest BCUT2D eigenvalue weighted by Gasteiger charge is 2.23. The molecule has 82 valence electrons. The number of hydrogen-bond acceptors (Lipinski definition) is 3. The average molecular weight is 273 g/mol. The summed E-state index contributed by atoms with van der Waals surface area (Å²) in [6, 6.07) is 0. The van der Waals surface area contributed by atoms with Gasteiger partial charge >= 0.3 is 0 Å². The first-order chi connectivity index (χ1) is 7.18. The summed E-state index contributed by atoms with van der Waals surface area (Å²) in [7, 11) is 2.06. The molecule has 0 aromatic carbocycles. The number of H-pyrrole nitrogens is 1. The van der Waals surface area contributed by atoms with E-state index in [1.807, 2.05) is 4.90 Å². The summed E-state index contributed by atoms with van der Waals surface area (Å²) < 4.78 is 0.728. The van der Waals surface area contributed by atoms with Crippen LogP contribution in [-0.2, 0) is 0 Å². The molecule has 2 rings (SSSR count). The topological polar surface area (TPSA) is 52.2 Å². The number of halogens is 1. The van der Waals surface area contributed by atoms with Gasteiger partial charge in [0.1, 0.15) is 0 Å². The Kier molecular flexibility index (Phi) is 3.06. The smallest absolute Gasteiger partial charge is 0.275 e. The minimum Gasteiger partial charge on any atom is -0.335 e. The lowest BCUT2D eigenvalue weighted by molar-refractivity contribution is 0.0657. The molecule has 15 heavy (non-hydrogen) atoms. The molecule has 0 radical (unpaired) electrons. The second kappa shape index (κ2) is 4.32. The lowest BCUT2D eigenvalue weighted by Gasteiger charge is -2.31. The second-order valence-electron chi connectivity index (χ2n) is 3.68. The highest BCUT2D eigenvalue weighted by atomic mass is 79.9. The predicted molar refractivity (Wildman–Crippen MR) is 59.7 cm³/mol. The van der Waals surface area contributed by atoms with Crippen LogP contribution in [0.25, 0.3) is 0 Å². The van der Waals surface area contributed by atoms with Crippen LogP contribution in [0.3, 0.4) is 0 Å². The molecule has 1 N–H and O–H groups in total. The molecule has 1 saturated heterocycles. The number of piperazine rings is 1. The lowest BCUT2D eigenvalue weighted by atomic mass is 10.3. The van der Waals surface area contributed by atoms with Crippen molar-refractivity contribution >= 4 is 21.8 Å². The van der Waals surface area contributed by atoms with Gasteiger partial charge in [0.05, 0.1) is 4.47 Å². The van der Waals surface area contributed by atoms with Crippen molar-refractivity contribution in [3.8, 4) is 0 Å². The van der Waals surface area contributed by atoms with Gasteiger partial charge in [-0.15, -0.1) is 0 Å². The molecule has 0 atom stereocenters. The number of hydrogen-bond donors (Lipinski definition) is 1. The number of nitrogens with zero attached hydrogens (tertiary/aromatic N) is 3. The summed E-state index contributed by atoms with van der Waals surface area (Å²) in [4.78, 5) is 16.0. The van der Waals surface area contributed by atoms with E-state index in [-0.39, 0.29) is 5.91 Å². The predicted octanol–water partition coefficient (Wildman–Crippen LogP) is 0.560. The number of carbonyl (C=O) groups excluding carboxylic acids is 1. The van der Waals surface area contributed by atoms with Crippen molar-refractivity contribution in [3.05, 3.63) is 16.4 Å². The number of carbonyl (C=O) groups is 1. The molecular formula is C9H13BrN4O. The van der Waals surface area contributed by atoms with E-state index in [0.29, 0.717) is 5.69 Å². The molecule has 0 bridgehead atoms. The number of nitrogens with one attached hydrogen (secondary N) is 1. The lowest BCUT2D eigenvalue weighted by Crippen LogP contribution is -2.47. The zero-order valence-corrected chi connectivity index (χ0v) is 10.1. The van der Waals surface area contributed by atoms with Crippen LogP contribution < -0.4 is 0 Å². The van der Waals surface area contributed by atoms with Crippen LogP contribution in [0.15, 0.2) is 10.7 Å². The van der Waals surface area contributed by atoms with Crippen LogP contribution in [0.4, 0.5) is 0 Å². The molecule has 2 heterocycles. The maximum Gasteiger partial charge on any atom is 0.275 e. The number of aromatic nitrogens is 2. The summed E-state index contributed by atoms with van der Waals surface area (Å²) in [5.41, 5.74) is 0.472. The van der Waals surface area contributed by atoms with Gasteiger partial charge < -0.3 is 9.80 Å². The summed E-state index contributed by atoms with van der Waals surface area (Å²) >= 11 is 3.29. The largest absolute Gasteiger partial charge is 0.335 e.